The van der Waals surface area contributed by atoms with Gasteiger partial charge in [0.15, 0.2) is 0 Å². The van der Waals surface area contributed by atoms with E-state index >= 15 is 0 Å². The Labute approximate surface area is 400 Å². The lowest BCUT2D eigenvalue weighted by Gasteiger charge is -2.14. The van der Waals surface area contributed by atoms with Gasteiger partial charge in [0, 0.05) is 44.2 Å². The second-order valence-electron chi connectivity index (χ2n) is 18.0. The summed E-state index contributed by atoms with van der Waals surface area (Å²) in [6.07, 6.45) is 2.09. The average Bonchev–Trinajstić information content (AvgIpc) is 3.93. The van der Waals surface area contributed by atoms with Crippen LogP contribution in [0.25, 0.3) is 110 Å². The van der Waals surface area contributed by atoms with Crippen LogP contribution in [0.3, 0.4) is 0 Å². The highest BCUT2D eigenvalue weighted by atomic mass is 15.0. The van der Waals surface area contributed by atoms with Crippen LogP contribution in [0.5, 0.6) is 0 Å². The largest absolute Gasteiger partial charge is 0.309 e. The van der Waals surface area contributed by atoms with Crippen LogP contribution in [0, 0.1) is 0 Å². The van der Waals surface area contributed by atoms with Crippen LogP contribution in [-0.4, -0.2) is 14.8 Å². The van der Waals surface area contributed by atoms with Gasteiger partial charge in [-0.2, -0.15) is 0 Å². The summed E-state index contributed by atoms with van der Waals surface area (Å²) in [5.41, 5.74) is 15.1. The van der Waals surface area contributed by atoms with Crippen LogP contribution in [-0.2, 0) is 0 Å². The molecule has 3 heteroatoms. The van der Waals surface area contributed by atoms with Gasteiger partial charge >= 0.3 is 0 Å². The molecule has 0 bridgehead atoms. The van der Waals surface area contributed by atoms with Crippen molar-refractivity contribution in [2.45, 2.75) is 6.92 Å². The molecule has 324 valence electrons. The topological polar surface area (TPSA) is 22.2 Å². The Kier molecular flexibility index (Phi) is 9.55. The van der Waals surface area contributed by atoms with Crippen LogP contribution in [0.1, 0.15) is 23.6 Å². The number of para-hydroxylation sites is 2. The molecule has 2 heterocycles. The van der Waals surface area contributed by atoms with E-state index in [0.29, 0.717) is 0 Å². The van der Waals surface area contributed by atoms with E-state index in [4.69, 9.17) is 4.99 Å². The first-order valence-electron chi connectivity index (χ1n) is 23.6. The molecule has 0 spiro atoms. The Morgan fingerprint density at radius 1 is 0.348 bits per heavy atom. The average molecular weight is 880 g/mol. The van der Waals surface area contributed by atoms with E-state index in [1.54, 1.807) is 0 Å². The molecule has 0 fully saturated rings. The lowest BCUT2D eigenvalue weighted by atomic mass is 9.94. The van der Waals surface area contributed by atoms with Crippen LogP contribution in [0.4, 0.5) is 0 Å². The van der Waals surface area contributed by atoms with Crippen molar-refractivity contribution in [3.8, 4) is 22.5 Å². The zero-order valence-corrected chi connectivity index (χ0v) is 38.1. The minimum Gasteiger partial charge on any atom is -0.309 e. The number of nitrogens with zero attached hydrogens (tertiary/aromatic N) is 3. The highest BCUT2D eigenvalue weighted by molar-refractivity contribution is 6.26. The number of aliphatic imine (C=N–C) groups is 1. The molecule has 0 radical (unpaired) electrons. The maximum atomic E-state index is 5.30. The first-order valence-corrected chi connectivity index (χ1v) is 23.6. The maximum Gasteiger partial charge on any atom is 0.0711 e. The van der Waals surface area contributed by atoms with E-state index in [1.165, 1.54) is 64.9 Å². The lowest BCUT2D eigenvalue weighted by molar-refractivity contribution is 1.18. The van der Waals surface area contributed by atoms with Crippen molar-refractivity contribution in [3.63, 3.8) is 0 Å². The van der Waals surface area contributed by atoms with Gasteiger partial charge in [0.25, 0.3) is 0 Å². The summed E-state index contributed by atoms with van der Waals surface area (Å²) in [5.74, 6) is 0. The van der Waals surface area contributed by atoms with Gasteiger partial charge in [-0.15, -0.1) is 0 Å². The third-order valence-corrected chi connectivity index (χ3v) is 14.0. The predicted octanol–water partition coefficient (Wildman–Crippen LogP) is 17.6. The molecule has 0 aliphatic rings. The standard InChI is InChI=1S/C66H45N3/c1-43(45-18-5-3-6-19-45)38-62(46-20-7-4-8-21-46)67-44(2)47-22-17-23-50(39-47)68-63-30-15-13-28-57(63)59-35-32-48(40-65(59)68)49-33-36-60-58-29-14-16-31-64(58)69(66(60)41-49)51-34-37-56-54-26-10-9-24-52(54)53-25-11-12-27-55(53)61(56)42-51/h3-42H,1H2,2H3/b62-38-,67-44?. The fourth-order valence-corrected chi connectivity index (χ4v) is 10.7. The van der Waals surface area contributed by atoms with Gasteiger partial charge in [-0.25, -0.2) is 0 Å². The predicted molar refractivity (Wildman–Crippen MR) is 295 cm³/mol. The van der Waals surface area contributed by atoms with E-state index in [-0.39, 0.29) is 0 Å². The van der Waals surface area contributed by atoms with Gasteiger partial charge in [0.1, 0.15) is 0 Å². The van der Waals surface area contributed by atoms with E-state index in [9.17, 15) is 0 Å². The molecular weight excluding hydrogens is 835 g/mol. The molecule has 11 aromatic carbocycles. The maximum absolute atomic E-state index is 5.30. The number of hydrogen-bond donors (Lipinski definition) is 0. The van der Waals surface area contributed by atoms with E-state index in [1.807, 2.05) is 24.3 Å². The smallest absolute Gasteiger partial charge is 0.0711 e. The third-order valence-electron chi connectivity index (χ3n) is 14.0. The molecule has 2 aromatic heterocycles. The summed E-state index contributed by atoms with van der Waals surface area (Å²) in [5, 5.41) is 12.5. The second kappa shape index (κ2) is 16.4. The molecule has 3 nitrogen and oxygen atoms in total. The second-order valence-corrected chi connectivity index (χ2v) is 18.0. The molecule has 0 amide bonds. The van der Waals surface area contributed by atoms with Gasteiger partial charge in [0.2, 0.25) is 0 Å². The highest BCUT2D eigenvalue weighted by Gasteiger charge is 2.18. The normalized spacial score (nSPS) is 12.4. The Bertz CT molecular complexity index is 4220. The van der Waals surface area contributed by atoms with Crippen molar-refractivity contribution < 1.29 is 0 Å². The SMILES string of the molecule is C=C(/C=C(\N=C(C)c1cccc(-n2c3ccccc3c3ccc(-c4ccc5c6ccccc6n(-c6ccc7c8ccccc8c8ccccc8c7c6)c5c4)cc32)c1)c1ccccc1)c1ccccc1. The molecule has 0 atom stereocenters. The molecule has 0 unspecified atom stereocenters. The molecule has 13 rings (SSSR count). The zero-order valence-electron chi connectivity index (χ0n) is 38.1. The fraction of sp³-hybridized carbons (Fsp3) is 0.0152. The summed E-state index contributed by atoms with van der Waals surface area (Å²) < 4.78 is 4.87. The van der Waals surface area contributed by atoms with Crippen molar-refractivity contribution in [2.75, 3.05) is 0 Å². The third kappa shape index (κ3) is 6.78. The Balaban J connectivity index is 0.947. The van der Waals surface area contributed by atoms with Crippen molar-refractivity contribution in [2.24, 2.45) is 4.99 Å². The van der Waals surface area contributed by atoms with Crippen molar-refractivity contribution in [3.05, 3.63) is 266 Å². The molecule has 0 aliphatic carbocycles. The van der Waals surface area contributed by atoms with Gasteiger partial charge < -0.3 is 9.13 Å². The fourth-order valence-electron chi connectivity index (χ4n) is 10.7. The highest BCUT2D eigenvalue weighted by Crippen LogP contribution is 2.41. The summed E-state index contributed by atoms with van der Waals surface area (Å²) in [7, 11) is 0. The Morgan fingerprint density at radius 3 is 1.33 bits per heavy atom. The van der Waals surface area contributed by atoms with E-state index < -0.39 is 0 Å². The Hall–Kier alpha value is -9.05. The summed E-state index contributed by atoms with van der Waals surface area (Å²) in [4.78, 5) is 5.30. The zero-order chi connectivity index (χ0) is 46.0. The summed E-state index contributed by atoms with van der Waals surface area (Å²) >= 11 is 0. The van der Waals surface area contributed by atoms with Crippen LogP contribution in [0.15, 0.2) is 254 Å². The molecule has 13 aromatic rings. The van der Waals surface area contributed by atoms with Crippen LogP contribution in [0.2, 0.25) is 0 Å². The molecular formula is C66H45N3. The van der Waals surface area contributed by atoms with Crippen LogP contribution >= 0.6 is 0 Å². The van der Waals surface area contributed by atoms with Crippen molar-refractivity contribution in [1.29, 1.82) is 0 Å². The Morgan fingerprint density at radius 2 is 0.768 bits per heavy atom. The van der Waals surface area contributed by atoms with Gasteiger partial charge in [0.05, 0.1) is 27.8 Å². The summed E-state index contributed by atoms with van der Waals surface area (Å²) in [6.45, 7) is 6.52. The first-order chi connectivity index (χ1) is 34.1. The number of allylic oxidation sites excluding steroid dienone is 2. The quantitative estimate of drug-likeness (QED) is 0.0824. The molecule has 0 aliphatic heterocycles. The number of aromatic nitrogens is 2. The minimum absolute atomic E-state index is 0.868. The molecule has 0 saturated carbocycles. The summed E-state index contributed by atoms with van der Waals surface area (Å²) in [6, 6.07) is 85.6. The minimum atomic E-state index is 0.868. The van der Waals surface area contributed by atoms with Gasteiger partial charge in [-0.3, -0.25) is 4.99 Å². The number of rotatable bonds is 8. The van der Waals surface area contributed by atoms with E-state index in [0.717, 1.165) is 67.2 Å². The van der Waals surface area contributed by atoms with E-state index in [2.05, 4.69) is 241 Å². The number of fused-ring (bicyclic) bond motifs is 12. The molecule has 0 saturated heterocycles. The molecule has 0 N–H and O–H groups in total. The monoisotopic (exact) mass is 879 g/mol. The molecule has 69 heavy (non-hydrogen) atoms. The lowest BCUT2D eigenvalue weighted by Crippen LogP contribution is -2.00. The number of hydrogen-bond acceptors (Lipinski definition) is 1. The van der Waals surface area contributed by atoms with Crippen molar-refractivity contribution in [1.82, 2.24) is 9.13 Å². The van der Waals surface area contributed by atoms with Crippen LogP contribution < -0.4 is 0 Å². The number of benzene rings is 11. The van der Waals surface area contributed by atoms with Crippen molar-refractivity contribution >= 4 is 92.9 Å². The van der Waals surface area contributed by atoms with Gasteiger partial charge in [-0.05, 0) is 122 Å². The van der Waals surface area contributed by atoms with Gasteiger partial charge in [-0.1, -0.05) is 195 Å². The first kappa shape index (κ1) is 40.2.